The van der Waals surface area contributed by atoms with Crippen molar-refractivity contribution in [2.45, 2.75) is 45.2 Å². The zero-order valence-electron chi connectivity index (χ0n) is 11.8. The highest BCUT2D eigenvalue weighted by Crippen LogP contribution is 2.33. The molecule has 1 unspecified atom stereocenters. The minimum Gasteiger partial charge on any atom is -0.301 e. The van der Waals surface area contributed by atoms with Crippen molar-refractivity contribution in [1.82, 2.24) is 10.3 Å². The van der Waals surface area contributed by atoms with E-state index in [9.17, 15) is 4.39 Å². The van der Waals surface area contributed by atoms with Gasteiger partial charge in [0.25, 0.3) is 0 Å². The lowest BCUT2D eigenvalue weighted by atomic mass is 10.1. The van der Waals surface area contributed by atoms with Gasteiger partial charge in [-0.25, -0.2) is 9.37 Å². The van der Waals surface area contributed by atoms with Crippen LogP contribution in [0.4, 0.5) is 4.39 Å². The van der Waals surface area contributed by atoms with Gasteiger partial charge in [-0.3, -0.25) is 0 Å². The summed E-state index contributed by atoms with van der Waals surface area (Å²) < 4.78 is 14.1. The predicted molar refractivity (Wildman–Crippen MR) is 80.6 cm³/mol. The van der Waals surface area contributed by atoms with E-state index in [1.807, 2.05) is 12.1 Å². The summed E-state index contributed by atoms with van der Waals surface area (Å²) in [6, 6.07) is 7.40. The summed E-state index contributed by atoms with van der Waals surface area (Å²) >= 11 is 1.68. The lowest BCUT2D eigenvalue weighted by molar-refractivity contribution is 0.544. The van der Waals surface area contributed by atoms with E-state index >= 15 is 0 Å². The second-order valence-electron chi connectivity index (χ2n) is 5.30. The Morgan fingerprint density at radius 1 is 1.40 bits per heavy atom. The van der Waals surface area contributed by atoms with Gasteiger partial charge in [-0.05, 0) is 32.3 Å². The Morgan fingerprint density at radius 3 is 2.75 bits per heavy atom. The van der Waals surface area contributed by atoms with Gasteiger partial charge < -0.3 is 5.32 Å². The van der Waals surface area contributed by atoms with Crippen LogP contribution in [0, 0.1) is 12.7 Å². The lowest BCUT2D eigenvalue weighted by Crippen LogP contribution is -2.25. The Bertz CT molecular complexity index is 604. The molecule has 0 spiro atoms. The van der Waals surface area contributed by atoms with Crippen LogP contribution in [0.15, 0.2) is 24.3 Å². The molecule has 20 heavy (non-hydrogen) atoms. The van der Waals surface area contributed by atoms with E-state index in [2.05, 4.69) is 19.2 Å². The molecule has 1 fully saturated rings. The number of thiazole rings is 1. The highest BCUT2D eigenvalue weighted by Gasteiger charge is 2.29. The van der Waals surface area contributed by atoms with Crippen molar-refractivity contribution in [3.8, 4) is 0 Å². The zero-order chi connectivity index (χ0) is 14.1. The maximum atomic E-state index is 14.1. The predicted octanol–water partition coefficient (Wildman–Crippen LogP) is 3.99. The van der Waals surface area contributed by atoms with Crippen LogP contribution < -0.4 is 5.32 Å². The van der Waals surface area contributed by atoms with Crippen molar-refractivity contribution in [2.75, 3.05) is 0 Å². The first-order valence-corrected chi connectivity index (χ1v) is 7.97. The van der Waals surface area contributed by atoms with Crippen LogP contribution in [0.2, 0.25) is 0 Å². The number of rotatable bonds is 5. The van der Waals surface area contributed by atoms with Gasteiger partial charge in [-0.1, -0.05) is 25.1 Å². The monoisotopic (exact) mass is 290 g/mol. The summed E-state index contributed by atoms with van der Waals surface area (Å²) in [4.78, 5) is 5.95. The summed E-state index contributed by atoms with van der Waals surface area (Å²) in [6.45, 7) is 4.20. The molecule has 1 saturated carbocycles. The van der Waals surface area contributed by atoms with E-state index in [4.69, 9.17) is 4.98 Å². The molecule has 0 amide bonds. The third kappa shape index (κ3) is 2.76. The smallest absolute Gasteiger partial charge is 0.128 e. The van der Waals surface area contributed by atoms with Crippen LogP contribution in [0.3, 0.4) is 0 Å². The van der Waals surface area contributed by atoms with Gasteiger partial charge >= 0.3 is 0 Å². The van der Waals surface area contributed by atoms with Crippen LogP contribution >= 0.6 is 11.3 Å². The third-order valence-corrected chi connectivity index (χ3v) is 4.76. The molecule has 1 N–H and O–H groups in total. The zero-order valence-corrected chi connectivity index (χ0v) is 12.6. The number of hydrogen-bond donors (Lipinski definition) is 1. The largest absolute Gasteiger partial charge is 0.301 e. The van der Waals surface area contributed by atoms with Crippen LogP contribution in [0.1, 0.15) is 46.9 Å². The summed E-state index contributed by atoms with van der Waals surface area (Å²) in [6.07, 6.45) is 3.28. The molecule has 2 nitrogen and oxygen atoms in total. The molecule has 1 heterocycles. The van der Waals surface area contributed by atoms with Gasteiger partial charge in [0.2, 0.25) is 0 Å². The SMILES string of the molecule is CCc1nc(C(NC2CC2)c2ccccc2F)sc1C. The van der Waals surface area contributed by atoms with Gasteiger partial charge in [-0.15, -0.1) is 11.3 Å². The lowest BCUT2D eigenvalue weighted by Gasteiger charge is -2.17. The van der Waals surface area contributed by atoms with Crippen molar-refractivity contribution < 1.29 is 4.39 Å². The Morgan fingerprint density at radius 2 is 2.15 bits per heavy atom. The maximum absolute atomic E-state index is 14.1. The summed E-state index contributed by atoms with van der Waals surface area (Å²) in [5, 5.41) is 4.52. The van der Waals surface area contributed by atoms with Gasteiger partial charge in [0.15, 0.2) is 0 Å². The molecule has 0 radical (unpaired) electrons. The number of halogens is 1. The normalized spacial score (nSPS) is 16.4. The Kier molecular flexibility index (Phi) is 3.85. The Labute approximate surface area is 123 Å². The summed E-state index contributed by atoms with van der Waals surface area (Å²) in [5.41, 5.74) is 1.83. The molecular formula is C16H19FN2S. The number of benzene rings is 1. The van der Waals surface area contributed by atoms with E-state index in [1.54, 1.807) is 17.4 Å². The molecule has 1 aliphatic rings. The van der Waals surface area contributed by atoms with Crippen LogP contribution in [0.25, 0.3) is 0 Å². The van der Waals surface area contributed by atoms with Crippen molar-refractivity contribution in [1.29, 1.82) is 0 Å². The van der Waals surface area contributed by atoms with Crippen molar-refractivity contribution in [3.05, 3.63) is 51.2 Å². The Hall–Kier alpha value is -1.26. The molecule has 1 aromatic heterocycles. The average Bonchev–Trinajstić information content (AvgIpc) is 3.19. The fraction of sp³-hybridized carbons (Fsp3) is 0.438. The minimum atomic E-state index is -0.156. The fourth-order valence-corrected chi connectivity index (χ4v) is 3.48. The van der Waals surface area contributed by atoms with E-state index in [0.29, 0.717) is 11.6 Å². The van der Waals surface area contributed by atoms with Gasteiger partial charge in [0.1, 0.15) is 10.8 Å². The first kappa shape index (κ1) is 13.7. The standard InChI is InChI=1S/C16H19FN2S/c1-3-14-10(2)20-16(19-14)15(18-11-8-9-11)12-6-4-5-7-13(12)17/h4-7,11,15,18H,3,8-9H2,1-2H3. The molecule has 1 aromatic carbocycles. The molecule has 0 bridgehead atoms. The summed E-state index contributed by atoms with van der Waals surface area (Å²) in [5.74, 6) is -0.156. The fourth-order valence-electron chi connectivity index (χ4n) is 2.39. The second-order valence-corrected chi connectivity index (χ2v) is 6.54. The molecule has 106 valence electrons. The molecule has 4 heteroatoms. The molecule has 3 rings (SSSR count). The highest BCUT2D eigenvalue weighted by atomic mass is 32.1. The van der Waals surface area contributed by atoms with Gasteiger partial charge in [-0.2, -0.15) is 0 Å². The van der Waals surface area contributed by atoms with Crippen molar-refractivity contribution in [3.63, 3.8) is 0 Å². The van der Waals surface area contributed by atoms with Gasteiger partial charge in [0.05, 0.1) is 11.7 Å². The highest BCUT2D eigenvalue weighted by molar-refractivity contribution is 7.11. The van der Waals surface area contributed by atoms with Crippen LogP contribution in [-0.4, -0.2) is 11.0 Å². The third-order valence-electron chi connectivity index (χ3n) is 3.69. The maximum Gasteiger partial charge on any atom is 0.128 e. The number of nitrogens with zero attached hydrogens (tertiary/aromatic N) is 1. The quantitative estimate of drug-likeness (QED) is 0.900. The van der Waals surface area contributed by atoms with E-state index < -0.39 is 0 Å². The summed E-state index contributed by atoms with van der Waals surface area (Å²) in [7, 11) is 0. The van der Waals surface area contributed by atoms with E-state index in [1.165, 1.54) is 23.8 Å². The molecular weight excluding hydrogens is 271 g/mol. The first-order chi connectivity index (χ1) is 9.69. The molecule has 1 atom stereocenters. The molecule has 1 aliphatic carbocycles. The van der Waals surface area contributed by atoms with Crippen molar-refractivity contribution >= 4 is 11.3 Å². The van der Waals surface area contributed by atoms with Gasteiger partial charge in [0, 0.05) is 16.5 Å². The van der Waals surface area contributed by atoms with E-state index in [-0.39, 0.29) is 11.9 Å². The number of aromatic nitrogens is 1. The number of nitrogens with one attached hydrogen (secondary N) is 1. The first-order valence-electron chi connectivity index (χ1n) is 7.15. The average molecular weight is 290 g/mol. The molecule has 2 aromatic rings. The topological polar surface area (TPSA) is 24.9 Å². The van der Waals surface area contributed by atoms with Crippen LogP contribution in [0.5, 0.6) is 0 Å². The number of aryl methyl sites for hydroxylation is 2. The van der Waals surface area contributed by atoms with E-state index in [0.717, 1.165) is 17.1 Å². The molecule has 0 saturated heterocycles. The minimum absolute atomic E-state index is 0.118. The Balaban J connectivity index is 1.98. The number of hydrogen-bond acceptors (Lipinski definition) is 3. The van der Waals surface area contributed by atoms with Crippen molar-refractivity contribution in [2.24, 2.45) is 0 Å². The second kappa shape index (κ2) is 5.62. The molecule has 0 aliphatic heterocycles. The van der Waals surface area contributed by atoms with Crippen LogP contribution in [-0.2, 0) is 6.42 Å².